The van der Waals surface area contributed by atoms with Gasteiger partial charge in [-0.25, -0.2) is 0 Å². The SMILES string of the molecule is CCC(C(=O)N(C)CCC(=O)O)c1ccccc1. The lowest BCUT2D eigenvalue weighted by atomic mass is 9.95. The van der Waals surface area contributed by atoms with E-state index in [1.165, 1.54) is 4.90 Å². The lowest BCUT2D eigenvalue weighted by Crippen LogP contribution is -2.33. The van der Waals surface area contributed by atoms with Gasteiger partial charge in [0.1, 0.15) is 0 Å². The molecule has 98 valence electrons. The van der Waals surface area contributed by atoms with E-state index in [4.69, 9.17) is 5.11 Å². The van der Waals surface area contributed by atoms with Crippen molar-refractivity contribution in [3.8, 4) is 0 Å². The van der Waals surface area contributed by atoms with Gasteiger partial charge in [-0.3, -0.25) is 9.59 Å². The fraction of sp³-hybridized carbons (Fsp3) is 0.429. The standard InChI is InChI=1S/C14H19NO3/c1-3-12(11-7-5-4-6-8-11)14(18)15(2)10-9-13(16)17/h4-8,12H,3,9-10H2,1-2H3,(H,16,17). The van der Waals surface area contributed by atoms with E-state index in [0.717, 1.165) is 5.56 Å². The zero-order valence-corrected chi connectivity index (χ0v) is 10.8. The van der Waals surface area contributed by atoms with E-state index < -0.39 is 5.97 Å². The van der Waals surface area contributed by atoms with E-state index in [2.05, 4.69) is 0 Å². The molecule has 0 aliphatic rings. The highest BCUT2D eigenvalue weighted by atomic mass is 16.4. The van der Waals surface area contributed by atoms with E-state index in [-0.39, 0.29) is 24.8 Å². The van der Waals surface area contributed by atoms with Gasteiger partial charge < -0.3 is 10.0 Å². The third kappa shape index (κ3) is 3.87. The molecule has 1 aromatic carbocycles. The number of carboxylic acids is 1. The van der Waals surface area contributed by atoms with Crippen molar-refractivity contribution in [2.75, 3.05) is 13.6 Å². The van der Waals surface area contributed by atoms with Gasteiger partial charge in [0.2, 0.25) is 5.91 Å². The summed E-state index contributed by atoms with van der Waals surface area (Å²) in [7, 11) is 1.65. The van der Waals surface area contributed by atoms with Crippen LogP contribution in [0.25, 0.3) is 0 Å². The van der Waals surface area contributed by atoms with Crippen molar-refractivity contribution >= 4 is 11.9 Å². The quantitative estimate of drug-likeness (QED) is 0.840. The Kier molecular flexibility index (Phi) is 5.36. The Morgan fingerprint density at radius 3 is 2.39 bits per heavy atom. The van der Waals surface area contributed by atoms with Gasteiger partial charge in [0.15, 0.2) is 0 Å². The number of hydrogen-bond donors (Lipinski definition) is 1. The van der Waals surface area contributed by atoms with Crippen molar-refractivity contribution in [3.05, 3.63) is 35.9 Å². The van der Waals surface area contributed by atoms with E-state index in [1.807, 2.05) is 37.3 Å². The lowest BCUT2D eigenvalue weighted by Gasteiger charge is -2.22. The number of amides is 1. The first-order valence-electron chi connectivity index (χ1n) is 6.08. The maximum absolute atomic E-state index is 12.2. The van der Waals surface area contributed by atoms with Gasteiger partial charge in [-0.05, 0) is 12.0 Å². The summed E-state index contributed by atoms with van der Waals surface area (Å²) < 4.78 is 0. The second-order valence-corrected chi connectivity index (χ2v) is 4.28. The molecule has 0 saturated carbocycles. The number of hydrogen-bond acceptors (Lipinski definition) is 2. The summed E-state index contributed by atoms with van der Waals surface area (Å²) in [6.07, 6.45) is 0.688. The fourth-order valence-corrected chi connectivity index (χ4v) is 1.88. The molecule has 1 rings (SSSR count). The monoisotopic (exact) mass is 249 g/mol. The van der Waals surface area contributed by atoms with Crippen molar-refractivity contribution in [1.29, 1.82) is 0 Å². The average molecular weight is 249 g/mol. The first-order valence-corrected chi connectivity index (χ1v) is 6.08. The summed E-state index contributed by atoms with van der Waals surface area (Å²) in [6.45, 7) is 2.21. The minimum atomic E-state index is -0.887. The highest BCUT2D eigenvalue weighted by Crippen LogP contribution is 2.21. The highest BCUT2D eigenvalue weighted by Gasteiger charge is 2.22. The third-order valence-corrected chi connectivity index (χ3v) is 2.95. The van der Waals surface area contributed by atoms with Crippen LogP contribution in [-0.2, 0) is 9.59 Å². The van der Waals surface area contributed by atoms with Crippen LogP contribution in [-0.4, -0.2) is 35.5 Å². The molecule has 1 aromatic rings. The Labute approximate surface area is 107 Å². The number of nitrogens with zero attached hydrogens (tertiary/aromatic N) is 1. The lowest BCUT2D eigenvalue weighted by molar-refractivity contribution is -0.138. The van der Waals surface area contributed by atoms with E-state index in [1.54, 1.807) is 7.05 Å². The Balaban J connectivity index is 2.71. The number of rotatable bonds is 6. The number of benzene rings is 1. The molecule has 0 spiro atoms. The number of aliphatic carboxylic acids is 1. The van der Waals surface area contributed by atoms with Gasteiger partial charge in [-0.1, -0.05) is 37.3 Å². The molecule has 1 unspecified atom stereocenters. The van der Waals surface area contributed by atoms with Gasteiger partial charge in [0.25, 0.3) is 0 Å². The van der Waals surface area contributed by atoms with Crippen LogP contribution in [0.3, 0.4) is 0 Å². The Bertz CT molecular complexity index is 403. The molecular formula is C14H19NO3. The van der Waals surface area contributed by atoms with Gasteiger partial charge in [0, 0.05) is 13.6 Å². The van der Waals surface area contributed by atoms with Crippen molar-refractivity contribution in [2.24, 2.45) is 0 Å². The summed E-state index contributed by atoms with van der Waals surface area (Å²) in [5.41, 5.74) is 0.979. The minimum absolute atomic E-state index is 0.0204. The first kappa shape index (κ1) is 14.2. The second kappa shape index (κ2) is 6.79. The van der Waals surface area contributed by atoms with Gasteiger partial charge in [-0.2, -0.15) is 0 Å². The molecular weight excluding hydrogens is 230 g/mol. The molecule has 0 saturated heterocycles. The van der Waals surface area contributed by atoms with Crippen molar-refractivity contribution in [3.63, 3.8) is 0 Å². The predicted octanol–water partition coefficient (Wildman–Crippen LogP) is 2.11. The molecule has 0 radical (unpaired) electrons. The zero-order chi connectivity index (χ0) is 13.5. The molecule has 18 heavy (non-hydrogen) atoms. The molecule has 0 fully saturated rings. The Hall–Kier alpha value is -1.84. The summed E-state index contributed by atoms with van der Waals surface area (Å²) >= 11 is 0. The van der Waals surface area contributed by atoms with Crippen LogP contribution in [0, 0.1) is 0 Å². The molecule has 4 nitrogen and oxygen atoms in total. The summed E-state index contributed by atoms with van der Waals surface area (Å²) in [5.74, 6) is -1.10. The van der Waals surface area contributed by atoms with Crippen LogP contribution in [0.2, 0.25) is 0 Å². The fourth-order valence-electron chi connectivity index (χ4n) is 1.88. The van der Waals surface area contributed by atoms with Crippen LogP contribution >= 0.6 is 0 Å². The van der Waals surface area contributed by atoms with Crippen LogP contribution in [0.4, 0.5) is 0 Å². The third-order valence-electron chi connectivity index (χ3n) is 2.95. The molecule has 0 aromatic heterocycles. The maximum atomic E-state index is 12.2. The van der Waals surface area contributed by atoms with Crippen LogP contribution in [0.5, 0.6) is 0 Å². The number of carboxylic acid groups (broad SMARTS) is 1. The van der Waals surface area contributed by atoms with Gasteiger partial charge >= 0.3 is 5.97 Å². The van der Waals surface area contributed by atoms with Crippen molar-refractivity contribution < 1.29 is 14.7 Å². The molecule has 1 N–H and O–H groups in total. The smallest absolute Gasteiger partial charge is 0.305 e. The van der Waals surface area contributed by atoms with Crippen LogP contribution in [0.15, 0.2) is 30.3 Å². The molecule has 1 amide bonds. The topological polar surface area (TPSA) is 57.6 Å². The first-order chi connectivity index (χ1) is 8.56. The summed E-state index contributed by atoms with van der Waals surface area (Å²) in [4.78, 5) is 24.2. The van der Waals surface area contributed by atoms with Crippen molar-refractivity contribution in [1.82, 2.24) is 4.90 Å². The Morgan fingerprint density at radius 1 is 1.28 bits per heavy atom. The van der Waals surface area contributed by atoms with Gasteiger partial charge in [0.05, 0.1) is 12.3 Å². The zero-order valence-electron chi connectivity index (χ0n) is 10.8. The molecule has 0 aliphatic carbocycles. The molecule has 0 bridgehead atoms. The maximum Gasteiger partial charge on any atom is 0.305 e. The summed E-state index contributed by atoms with van der Waals surface area (Å²) in [5, 5.41) is 8.62. The normalized spacial score (nSPS) is 11.9. The summed E-state index contributed by atoms with van der Waals surface area (Å²) in [6, 6.07) is 9.58. The number of carbonyl (C=O) groups is 2. The molecule has 1 atom stereocenters. The number of likely N-dealkylation sites (N-methyl/N-ethyl adjacent to an activating group) is 1. The van der Waals surface area contributed by atoms with E-state index >= 15 is 0 Å². The Morgan fingerprint density at radius 2 is 1.89 bits per heavy atom. The average Bonchev–Trinajstić information content (AvgIpc) is 2.38. The minimum Gasteiger partial charge on any atom is -0.481 e. The van der Waals surface area contributed by atoms with Gasteiger partial charge in [-0.15, -0.1) is 0 Å². The van der Waals surface area contributed by atoms with Crippen molar-refractivity contribution in [2.45, 2.75) is 25.7 Å². The number of carbonyl (C=O) groups excluding carboxylic acids is 1. The van der Waals surface area contributed by atoms with E-state index in [0.29, 0.717) is 6.42 Å². The highest BCUT2D eigenvalue weighted by molar-refractivity contribution is 5.83. The van der Waals surface area contributed by atoms with Crippen LogP contribution < -0.4 is 0 Å². The largest absolute Gasteiger partial charge is 0.481 e. The second-order valence-electron chi connectivity index (χ2n) is 4.28. The van der Waals surface area contributed by atoms with Crippen LogP contribution in [0.1, 0.15) is 31.2 Å². The van der Waals surface area contributed by atoms with E-state index in [9.17, 15) is 9.59 Å². The molecule has 0 heterocycles. The molecule has 0 aliphatic heterocycles. The molecule has 4 heteroatoms. The predicted molar refractivity (Wildman–Crippen MR) is 69.4 cm³/mol.